The lowest BCUT2D eigenvalue weighted by Crippen LogP contribution is -2.17. The topological polar surface area (TPSA) is 103 Å². The highest BCUT2D eigenvalue weighted by Crippen LogP contribution is 2.33. The Hall–Kier alpha value is -3.04. The summed E-state index contributed by atoms with van der Waals surface area (Å²) in [5, 5.41) is 13.5. The van der Waals surface area contributed by atoms with Crippen molar-refractivity contribution in [3.63, 3.8) is 0 Å². The number of benzene rings is 1. The molecule has 10 heteroatoms. The van der Waals surface area contributed by atoms with E-state index in [0.29, 0.717) is 5.69 Å². The second-order valence-electron chi connectivity index (χ2n) is 4.08. The maximum absolute atomic E-state index is 12.2. The van der Waals surface area contributed by atoms with Crippen LogP contribution in [-0.2, 0) is 0 Å². The van der Waals surface area contributed by atoms with Crippen LogP contribution in [0.3, 0.4) is 0 Å². The maximum Gasteiger partial charge on any atom is 0.573 e. The number of hydrogen-bond acceptors (Lipinski definition) is 6. The minimum atomic E-state index is -4.89. The van der Waals surface area contributed by atoms with E-state index in [0.717, 1.165) is 18.2 Å². The molecule has 2 aromatic rings. The van der Waals surface area contributed by atoms with Crippen LogP contribution in [-0.4, -0.2) is 16.3 Å². The summed E-state index contributed by atoms with van der Waals surface area (Å²) in [6.07, 6.45) is -3.60. The molecule has 0 saturated heterocycles. The van der Waals surface area contributed by atoms with E-state index in [1.165, 1.54) is 18.3 Å². The Balaban J connectivity index is 2.35. The number of nitrogens with two attached hydrogens (primary N) is 1. The summed E-state index contributed by atoms with van der Waals surface area (Å²) >= 11 is 0. The molecule has 3 N–H and O–H groups in total. The zero-order valence-corrected chi connectivity index (χ0v) is 10.8. The van der Waals surface area contributed by atoms with Gasteiger partial charge in [-0.1, -0.05) is 0 Å². The maximum atomic E-state index is 12.2. The average molecular weight is 314 g/mol. The minimum Gasteiger partial charge on any atom is -0.406 e. The van der Waals surface area contributed by atoms with Crippen LogP contribution < -0.4 is 15.8 Å². The first-order chi connectivity index (χ1) is 10.2. The van der Waals surface area contributed by atoms with E-state index in [-0.39, 0.29) is 11.5 Å². The number of alkyl halides is 3. The van der Waals surface area contributed by atoms with E-state index in [4.69, 9.17) is 5.73 Å². The highest BCUT2D eigenvalue weighted by Gasteiger charge is 2.31. The Morgan fingerprint density at radius 3 is 2.55 bits per heavy atom. The predicted octanol–water partition coefficient (Wildman–Crippen LogP) is 3.21. The van der Waals surface area contributed by atoms with E-state index >= 15 is 0 Å². The van der Waals surface area contributed by atoms with Crippen molar-refractivity contribution in [3.8, 4) is 5.75 Å². The lowest BCUT2D eigenvalue weighted by atomic mass is 10.2. The molecule has 0 fully saturated rings. The summed E-state index contributed by atoms with van der Waals surface area (Å²) < 4.78 is 40.3. The normalized spacial score (nSPS) is 11.0. The first-order valence-corrected chi connectivity index (χ1v) is 5.77. The number of halogens is 3. The van der Waals surface area contributed by atoms with Gasteiger partial charge in [0.2, 0.25) is 0 Å². The van der Waals surface area contributed by atoms with Crippen molar-refractivity contribution >= 4 is 22.9 Å². The first-order valence-electron chi connectivity index (χ1n) is 5.77. The number of ether oxygens (including phenoxy) is 1. The summed E-state index contributed by atoms with van der Waals surface area (Å²) in [6.45, 7) is 0. The van der Waals surface area contributed by atoms with Gasteiger partial charge in [0.05, 0.1) is 16.8 Å². The molecule has 0 spiro atoms. The third kappa shape index (κ3) is 3.98. The van der Waals surface area contributed by atoms with E-state index in [2.05, 4.69) is 15.0 Å². The molecule has 0 unspecified atom stereocenters. The van der Waals surface area contributed by atoms with Crippen molar-refractivity contribution in [2.45, 2.75) is 6.36 Å². The predicted molar refractivity (Wildman–Crippen MR) is 71.7 cm³/mol. The number of nitrogen functional groups attached to an aromatic ring is 1. The molecule has 0 aliphatic carbocycles. The summed E-state index contributed by atoms with van der Waals surface area (Å²) in [7, 11) is 0. The molecule has 2 rings (SSSR count). The molecule has 0 aliphatic heterocycles. The fraction of sp³-hybridized carbons (Fsp3) is 0.0833. The third-order valence-electron chi connectivity index (χ3n) is 2.46. The highest BCUT2D eigenvalue weighted by atomic mass is 19.4. The molecular formula is C12H9F3N4O3. The zero-order valence-electron chi connectivity index (χ0n) is 10.8. The van der Waals surface area contributed by atoms with Gasteiger partial charge in [-0.05, 0) is 18.2 Å². The van der Waals surface area contributed by atoms with Crippen molar-refractivity contribution in [3.05, 3.63) is 46.6 Å². The van der Waals surface area contributed by atoms with Gasteiger partial charge in [0.15, 0.2) is 0 Å². The van der Waals surface area contributed by atoms with Crippen molar-refractivity contribution in [2.75, 3.05) is 11.1 Å². The van der Waals surface area contributed by atoms with Crippen LogP contribution in [0.1, 0.15) is 0 Å². The van der Waals surface area contributed by atoms with E-state index in [1.807, 2.05) is 0 Å². The molecule has 22 heavy (non-hydrogen) atoms. The fourth-order valence-corrected chi connectivity index (χ4v) is 1.61. The van der Waals surface area contributed by atoms with E-state index < -0.39 is 22.7 Å². The van der Waals surface area contributed by atoms with Crippen LogP contribution in [0, 0.1) is 10.1 Å². The lowest BCUT2D eigenvalue weighted by Gasteiger charge is -2.11. The second-order valence-corrected chi connectivity index (χ2v) is 4.08. The Labute approximate surface area is 121 Å². The number of rotatable bonds is 4. The molecule has 0 saturated carbocycles. The summed E-state index contributed by atoms with van der Waals surface area (Å²) in [5.74, 6) is -0.349. The van der Waals surface area contributed by atoms with Gasteiger partial charge in [-0.2, -0.15) is 0 Å². The van der Waals surface area contributed by atoms with Crippen LogP contribution in [0.25, 0.3) is 0 Å². The van der Waals surface area contributed by atoms with E-state index in [1.54, 1.807) is 0 Å². The standard InChI is InChI=1S/C12H9F3N4O3/c13-12(14,15)22-8-2-3-10(19(20)21)9(5-8)18-7-1-4-11(16)17-6-7/h1-6,18H,(H2,16,17). The number of nitro benzene ring substituents is 1. The smallest absolute Gasteiger partial charge is 0.406 e. The van der Waals surface area contributed by atoms with Gasteiger partial charge in [0, 0.05) is 12.1 Å². The third-order valence-corrected chi connectivity index (χ3v) is 2.46. The fourth-order valence-electron chi connectivity index (χ4n) is 1.61. The first kappa shape index (κ1) is 15.4. The summed E-state index contributed by atoms with van der Waals surface area (Å²) in [5.41, 5.74) is 5.14. The number of anilines is 3. The van der Waals surface area contributed by atoms with Crippen LogP contribution in [0.4, 0.5) is 36.1 Å². The molecule has 0 bridgehead atoms. The molecule has 116 valence electrons. The molecular weight excluding hydrogens is 305 g/mol. The van der Waals surface area contributed by atoms with Gasteiger partial charge >= 0.3 is 6.36 Å². The summed E-state index contributed by atoms with van der Waals surface area (Å²) in [6, 6.07) is 5.56. The van der Waals surface area contributed by atoms with Crippen LogP contribution in [0.15, 0.2) is 36.5 Å². The molecule has 1 heterocycles. The van der Waals surface area contributed by atoms with Crippen molar-refractivity contribution in [1.29, 1.82) is 0 Å². The second kappa shape index (κ2) is 5.76. The van der Waals surface area contributed by atoms with Gasteiger partial charge in [0.25, 0.3) is 5.69 Å². The van der Waals surface area contributed by atoms with Crippen LogP contribution in [0.2, 0.25) is 0 Å². The molecule has 0 aliphatic rings. The Morgan fingerprint density at radius 2 is 2.00 bits per heavy atom. The lowest BCUT2D eigenvalue weighted by molar-refractivity contribution is -0.384. The summed E-state index contributed by atoms with van der Waals surface area (Å²) in [4.78, 5) is 14.0. The van der Waals surface area contributed by atoms with Gasteiger partial charge in [-0.15, -0.1) is 13.2 Å². The minimum absolute atomic E-state index is 0.168. The SMILES string of the molecule is Nc1ccc(Nc2cc(OC(F)(F)F)ccc2[N+](=O)[O-])cn1. The molecule has 1 aromatic heterocycles. The quantitative estimate of drug-likeness (QED) is 0.663. The van der Waals surface area contributed by atoms with Crippen molar-refractivity contribution < 1.29 is 22.8 Å². The van der Waals surface area contributed by atoms with Gasteiger partial charge in [-0.25, -0.2) is 4.98 Å². The Morgan fingerprint density at radius 1 is 1.27 bits per heavy atom. The van der Waals surface area contributed by atoms with Crippen molar-refractivity contribution in [1.82, 2.24) is 4.98 Å². The Kier molecular flexibility index (Phi) is 4.02. The van der Waals surface area contributed by atoms with Crippen molar-refractivity contribution in [2.24, 2.45) is 0 Å². The number of pyridine rings is 1. The average Bonchev–Trinajstić information content (AvgIpc) is 2.39. The number of nitrogens with one attached hydrogen (secondary N) is 1. The molecule has 0 atom stereocenters. The Bertz CT molecular complexity index is 689. The molecule has 0 radical (unpaired) electrons. The monoisotopic (exact) mass is 314 g/mol. The number of nitro groups is 1. The number of hydrogen-bond donors (Lipinski definition) is 2. The van der Waals surface area contributed by atoms with E-state index in [9.17, 15) is 23.3 Å². The van der Waals surface area contributed by atoms with Gasteiger partial charge in [-0.3, -0.25) is 10.1 Å². The molecule has 0 amide bonds. The zero-order chi connectivity index (χ0) is 16.3. The largest absolute Gasteiger partial charge is 0.573 e. The molecule has 1 aromatic carbocycles. The number of aromatic nitrogens is 1. The van der Waals surface area contributed by atoms with Crippen LogP contribution >= 0.6 is 0 Å². The highest BCUT2D eigenvalue weighted by molar-refractivity contribution is 5.71. The molecule has 7 nitrogen and oxygen atoms in total. The van der Waals surface area contributed by atoms with Gasteiger partial charge < -0.3 is 15.8 Å². The van der Waals surface area contributed by atoms with Gasteiger partial charge in [0.1, 0.15) is 17.3 Å². The van der Waals surface area contributed by atoms with Crippen LogP contribution in [0.5, 0.6) is 5.75 Å². The number of nitrogens with zero attached hydrogens (tertiary/aromatic N) is 2.